The molecule has 0 N–H and O–H groups in total. The summed E-state index contributed by atoms with van der Waals surface area (Å²) in [6, 6.07) is 14.2. The van der Waals surface area contributed by atoms with Gasteiger partial charge in [-0.25, -0.2) is 17.2 Å². The fraction of sp³-hybridized carbons (Fsp3) is 0.300. The molecule has 212 valence electrons. The normalized spacial score (nSPS) is 12.9. The molecule has 0 unspecified atom stereocenters. The van der Waals surface area contributed by atoms with E-state index >= 15 is 0 Å². The zero-order chi connectivity index (χ0) is 29.5. The zero-order valence-electron chi connectivity index (χ0n) is 22.8. The third-order valence-corrected chi connectivity index (χ3v) is 9.31. The van der Waals surface area contributed by atoms with Crippen LogP contribution < -0.4 is 0 Å². The smallest absolute Gasteiger partial charge is 0.416 e. The molecular formula is C30H30F3NO4S2. The Kier molecular flexibility index (Phi) is 8.06. The Morgan fingerprint density at radius 3 is 2.40 bits per heavy atom. The molecule has 5 nitrogen and oxygen atoms in total. The summed E-state index contributed by atoms with van der Waals surface area (Å²) in [5, 5.41) is 0.208. The summed E-state index contributed by atoms with van der Waals surface area (Å²) < 4.78 is 73.9. The molecule has 0 bridgehead atoms. The molecule has 40 heavy (non-hydrogen) atoms. The van der Waals surface area contributed by atoms with Gasteiger partial charge in [-0.1, -0.05) is 57.2 Å². The van der Waals surface area contributed by atoms with Crippen LogP contribution in [0.1, 0.15) is 63.3 Å². The highest BCUT2D eigenvalue weighted by Crippen LogP contribution is 2.36. The second-order valence-corrected chi connectivity index (χ2v) is 13.6. The van der Waals surface area contributed by atoms with Crippen LogP contribution in [0.3, 0.4) is 0 Å². The van der Waals surface area contributed by atoms with Crippen molar-refractivity contribution in [3.8, 4) is 0 Å². The molecule has 0 fully saturated rings. The molecule has 0 aliphatic heterocycles. The number of aryl methyl sites for hydroxylation is 1. The number of benzene rings is 2. The highest BCUT2D eigenvalue weighted by molar-refractivity contribution is 7.90. The predicted octanol–water partition coefficient (Wildman–Crippen LogP) is 7.60. The van der Waals surface area contributed by atoms with Crippen LogP contribution in [0.5, 0.6) is 0 Å². The molecular weight excluding hydrogens is 559 g/mol. The van der Waals surface area contributed by atoms with E-state index in [9.17, 15) is 26.4 Å². The third kappa shape index (κ3) is 6.18. The van der Waals surface area contributed by atoms with Gasteiger partial charge >= 0.3 is 12.1 Å². The van der Waals surface area contributed by atoms with E-state index in [4.69, 9.17) is 4.74 Å². The molecule has 0 amide bonds. The van der Waals surface area contributed by atoms with E-state index in [2.05, 4.69) is 20.8 Å². The summed E-state index contributed by atoms with van der Waals surface area (Å²) in [6.07, 6.45) is -1.18. The Balaban J connectivity index is 1.78. The number of hydrogen-bond acceptors (Lipinski definition) is 5. The number of aromatic nitrogens is 1. The van der Waals surface area contributed by atoms with Crippen LogP contribution in [0.25, 0.3) is 17.0 Å². The van der Waals surface area contributed by atoms with Crippen molar-refractivity contribution < 1.29 is 31.1 Å². The van der Waals surface area contributed by atoms with Crippen molar-refractivity contribution in [2.45, 2.75) is 45.7 Å². The number of carbonyl (C=O) groups is 1. The van der Waals surface area contributed by atoms with Crippen molar-refractivity contribution in [2.75, 3.05) is 12.9 Å². The number of alkyl halides is 3. The van der Waals surface area contributed by atoms with Gasteiger partial charge in [0.2, 0.25) is 10.0 Å². The number of carbonyl (C=O) groups excluding carboxylic acids is 1. The SMILES string of the molecule is COC(=O)c1ccc(Cc2c(C)c3cc(C(F)(F)F)ccc3n2S(=O)(=O)CC=Cc2cccc(C(C)(C)C)c2)s1. The Labute approximate surface area is 236 Å². The van der Waals surface area contributed by atoms with Gasteiger partial charge in [-0.05, 0) is 59.4 Å². The second kappa shape index (κ2) is 10.9. The van der Waals surface area contributed by atoms with Crippen LogP contribution in [-0.4, -0.2) is 31.2 Å². The minimum absolute atomic E-state index is 0.0722. The molecule has 2 heterocycles. The molecule has 0 atom stereocenters. The highest BCUT2D eigenvalue weighted by atomic mass is 32.2. The molecule has 4 aromatic rings. The number of ether oxygens (including phenoxy) is 1. The molecule has 0 radical (unpaired) electrons. The van der Waals surface area contributed by atoms with Gasteiger partial charge in [-0.3, -0.25) is 0 Å². The lowest BCUT2D eigenvalue weighted by atomic mass is 9.86. The zero-order valence-corrected chi connectivity index (χ0v) is 24.4. The van der Waals surface area contributed by atoms with E-state index in [1.165, 1.54) is 13.2 Å². The van der Waals surface area contributed by atoms with Crippen molar-refractivity contribution >= 4 is 44.3 Å². The Morgan fingerprint density at radius 2 is 1.75 bits per heavy atom. The van der Waals surface area contributed by atoms with Crippen LogP contribution in [0.2, 0.25) is 0 Å². The number of methoxy groups -OCH3 is 1. The van der Waals surface area contributed by atoms with E-state index in [-0.39, 0.29) is 28.5 Å². The van der Waals surface area contributed by atoms with Crippen molar-refractivity contribution in [3.05, 3.63) is 98.4 Å². The van der Waals surface area contributed by atoms with Gasteiger partial charge in [0.05, 0.1) is 23.9 Å². The fourth-order valence-corrected chi connectivity index (χ4v) is 6.92. The van der Waals surface area contributed by atoms with Crippen molar-refractivity contribution in [1.29, 1.82) is 0 Å². The first kappa shape index (κ1) is 29.6. The molecule has 0 aliphatic rings. The van der Waals surface area contributed by atoms with Crippen molar-refractivity contribution in [1.82, 2.24) is 3.97 Å². The average Bonchev–Trinajstić information content (AvgIpc) is 3.45. The van der Waals surface area contributed by atoms with Gasteiger partial charge in [0, 0.05) is 22.4 Å². The molecule has 4 rings (SSSR count). The van der Waals surface area contributed by atoms with Crippen LogP contribution >= 0.6 is 11.3 Å². The summed E-state index contributed by atoms with van der Waals surface area (Å²) in [6.45, 7) is 7.89. The first-order valence-electron chi connectivity index (χ1n) is 12.5. The number of thiophene rings is 1. The average molecular weight is 590 g/mol. The summed E-state index contributed by atoms with van der Waals surface area (Å²) in [4.78, 5) is 13.0. The number of halogens is 3. The number of fused-ring (bicyclic) bond motifs is 1. The van der Waals surface area contributed by atoms with Gasteiger partial charge in [0.1, 0.15) is 4.88 Å². The van der Waals surface area contributed by atoms with Crippen molar-refractivity contribution in [3.63, 3.8) is 0 Å². The van der Waals surface area contributed by atoms with Crippen LogP contribution in [0, 0.1) is 6.92 Å². The molecule has 0 aliphatic carbocycles. The van der Waals surface area contributed by atoms with Crippen LogP contribution in [0.4, 0.5) is 13.2 Å². The topological polar surface area (TPSA) is 65.4 Å². The molecule has 0 saturated carbocycles. The summed E-state index contributed by atoms with van der Waals surface area (Å²) in [7, 11) is -2.76. The number of hydrogen-bond donors (Lipinski definition) is 0. The Morgan fingerprint density at radius 1 is 1.02 bits per heavy atom. The largest absolute Gasteiger partial charge is 0.465 e. The minimum Gasteiger partial charge on any atom is -0.465 e. The lowest BCUT2D eigenvalue weighted by molar-refractivity contribution is -0.137. The molecule has 2 aromatic carbocycles. The van der Waals surface area contributed by atoms with Gasteiger partial charge in [-0.2, -0.15) is 13.2 Å². The summed E-state index contributed by atoms with van der Waals surface area (Å²) in [5.41, 5.74) is 1.97. The van der Waals surface area contributed by atoms with Gasteiger partial charge in [0.25, 0.3) is 0 Å². The lowest BCUT2D eigenvalue weighted by Crippen LogP contribution is -2.18. The Hall–Kier alpha value is -3.37. The standard InChI is InChI=1S/C30H30F3NO4S2/c1-19-24-17-22(30(31,32)33)11-13-25(24)34(26(19)18-23-12-14-27(39-23)28(35)38-5)40(36,37)15-7-9-20-8-6-10-21(16-20)29(2,3)4/h6-14,16-17H,15,18H2,1-5H3. The van der Waals surface area contributed by atoms with E-state index < -0.39 is 27.7 Å². The fourth-order valence-electron chi connectivity index (χ4n) is 4.50. The lowest BCUT2D eigenvalue weighted by Gasteiger charge is -2.19. The quantitative estimate of drug-likeness (QED) is 0.208. The maximum atomic E-state index is 13.7. The molecule has 0 saturated heterocycles. The van der Waals surface area contributed by atoms with Crippen molar-refractivity contribution in [2.24, 2.45) is 0 Å². The second-order valence-electron chi connectivity index (χ2n) is 10.6. The predicted molar refractivity (Wildman–Crippen MR) is 154 cm³/mol. The first-order chi connectivity index (χ1) is 18.6. The number of nitrogens with zero attached hydrogens (tertiary/aromatic N) is 1. The summed E-state index contributed by atoms with van der Waals surface area (Å²) >= 11 is 1.15. The van der Waals surface area contributed by atoms with Gasteiger partial charge < -0.3 is 4.74 Å². The number of rotatable bonds is 7. The highest BCUT2D eigenvalue weighted by Gasteiger charge is 2.32. The molecule has 10 heteroatoms. The maximum Gasteiger partial charge on any atom is 0.416 e. The van der Waals surface area contributed by atoms with E-state index in [0.717, 1.165) is 38.6 Å². The molecule has 0 spiro atoms. The molecule has 2 aromatic heterocycles. The van der Waals surface area contributed by atoms with Crippen LogP contribution in [0.15, 0.2) is 60.7 Å². The van der Waals surface area contributed by atoms with E-state index in [0.29, 0.717) is 21.0 Å². The monoisotopic (exact) mass is 589 g/mol. The third-order valence-electron chi connectivity index (χ3n) is 6.66. The van der Waals surface area contributed by atoms with Gasteiger partial charge in [0.15, 0.2) is 0 Å². The Bertz CT molecular complexity index is 1700. The maximum absolute atomic E-state index is 13.7. The van der Waals surface area contributed by atoms with Gasteiger partial charge in [-0.15, -0.1) is 11.3 Å². The van der Waals surface area contributed by atoms with E-state index in [1.54, 1.807) is 31.2 Å². The van der Waals surface area contributed by atoms with E-state index in [1.807, 2.05) is 24.3 Å². The van der Waals surface area contributed by atoms with Crippen LogP contribution in [-0.2, 0) is 32.8 Å². The first-order valence-corrected chi connectivity index (χ1v) is 14.9. The minimum atomic E-state index is -4.57. The number of esters is 1. The summed E-state index contributed by atoms with van der Waals surface area (Å²) in [5.74, 6) is -0.876.